The fourth-order valence-corrected chi connectivity index (χ4v) is 2.76. The zero-order chi connectivity index (χ0) is 15.5. The van der Waals surface area contributed by atoms with Crippen LogP contribution in [0, 0.1) is 11.3 Å². The fourth-order valence-electron chi connectivity index (χ4n) is 1.72. The van der Waals surface area contributed by atoms with E-state index in [2.05, 4.69) is 27.3 Å². The molecule has 0 bridgehead atoms. The smallest absolute Gasteiger partial charge is 0.238 e. The lowest BCUT2D eigenvalue weighted by Crippen LogP contribution is -2.12. The molecule has 0 aliphatic heterocycles. The van der Waals surface area contributed by atoms with Crippen molar-refractivity contribution in [3.63, 3.8) is 0 Å². The maximum absolute atomic E-state index is 11.2. The van der Waals surface area contributed by atoms with Crippen molar-refractivity contribution in [2.45, 2.75) is 11.4 Å². The van der Waals surface area contributed by atoms with Crippen molar-refractivity contribution in [3.05, 3.63) is 58.1 Å². The molecule has 0 saturated carbocycles. The number of nitrogens with zero attached hydrogens (tertiary/aromatic N) is 1. The Morgan fingerprint density at radius 2 is 1.86 bits per heavy atom. The first-order valence-corrected chi connectivity index (χ1v) is 8.29. The topological polar surface area (TPSA) is 96.0 Å². The van der Waals surface area contributed by atoms with E-state index >= 15 is 0 Å². The molecule has 0 atom stereocenters. The van der Waals surface area contributed by atoms with E-state index in [9.17, 15) is 8.42 Å². The van der Waals surface area contributed by atoms with Gasteiger partial charge in [-0.1, -0.05) is 12.1 Å². The quantitative estimate of drug-likeness (QED) is 0.869. The van der Waals surface area contributed by atoms with E-state index in [0.29, 0.717) is 12.1 Å². The molecule has 0 amide bonds. The lowest BCUT2D eigenvalue weighted by molar-refractivity contribution is 0.598. The Morgan fingerprint density at radius 1 is 1.19 bits per heavy atom. The summed E-state index contributed by atoms with van der Waals surface area (Å²) in [4.78, 5) is 0.0887. The van der Waals surface area contributed by atoms with Crippen LogP contribution in [-0.4, -0.2) is 8.42 Å². The van der Waals surface area contributed by atoms with Crippen molar-refractivity contribution in [2.24, 2.45) is 5.14 Å². The van der Waals surface area contributed by atoms with E-state index in [1.54, 1.807) is 30.3 Å². The number of nitrogens with two attached hydrogens (primary N) is 1. The maximum atomic E-state index is 11.2. The number of rotatable bonds is 4. The van der Waals surface area contributed by atoms with Gasteiger partial charge in [-0.25, -0.2) is 13.6 Å². The molecule has 3 N–H and O–H groups in total. The molecule has 2 aromatic carbocycles. The second-order valence-corrected chi connectivity index (χ2v) is 6.76. The van der Waals surface area contributed by atoms with Crippen LogP contribution in [0.25, 0.3) is 0 Å². The first-order chi connectivity index (χ1) is 9.90. The average molecular weight is 366 g/mol. The summed E-state index contributed by atoms with van der Waals surface area (Å²) in [5.74, 6) is 0. The standard InChI is InChI=1S/C14H12BrN3O2S/c15-13-7-11(8-16)3-6-14(13)18-9-10-1-4-12(5-2-10)21(17,19)20/h1-7,18H,9H2,(H2,17,19,20). The third kappa shape index (κ3) is 4.04. The molecule has 5 nitrogen and oxygen atoms in total. The third-order valence-electron chi connectivity index (χ3n) is 2.83. The molecule has 108 valence electrons. The Kier molecular flexibility index (Phi) is 4.63. The van der Waals surface area contributed by atoms with Gasteiger partial charge in [0.1, 0.15) is 0 Å². The molecule has 0 aromatic heterocycles. The summed E-state index contributed by atoms with van der Waals surface area (Å²) in [7, 11) is -3.66. The zero-order valence-corrected chi connectivity index (χ0v) is 13.3. The van der Waals surface area contributed by atoms with Crippen LogP contribution in [0.2, 0.25) is 0 Å². The Hall–Kier alpha value is -1.88. The van der Waals surface area contributed by atoms with Gasteiger partial charge in [0.15, 0.2) is 0 Å². The van der Waals surface area contributed by atoms with Gasteiger partial charge in [-0.15, -0.1) is 0 Å². The first-order valence-electron chi connectivity index (χ1n) is 5.95. The molecule has 0 heterocycles. The van der Waals surface area contributed by atoms with Crippen molar-refractivity contribution in [2.75, 3.05) is 5.32 Å². The molecule has 0 radical (unpaired) electrons. The van der Waals surface area contributed by atoms with Crippen LogP contribution in [0.1, 0.15) is 11.1 Å². The largest absolute Gasteiger partial charge is 0.380 e. The van der Waals surface area contributed by atoms with Gasteiger partial charge in [-0.2, -0.15) is 5.26 Å². The van der Waals surface area contributed by atoms with Crippen molar-refractivity contribution in [3.8, 4) is 6.07 Å². The number of nitriles is 1. The summed E-state index contributed by atoms with van der Waals surface area (Å²) in [5.41, 5.74) is 2.34. The Morgan fingerprint density at radius 3 is 2.38 bits per heavy atom. The summed E-state index contributed by atoms with van der Waals surface area (Å²) in [6.07, 6.45) is 0. The van der Waals surface area contributed by atoms with E-state index in [-0.39, 0.29) is 4.90 Å². The normalized spacial score (nSPS) is 10.9. The predicted octanol–water partition coefficient (Wildman–Crippen LogP) is 2.58. The lowest BCUT2D eigenvalue weighted by atomic mass is 10.2. The van der Waals surface area contributed by atoms with Crippen LogP contribution in [0.5, 0.6) is 0 Å². The van der Waals surface area contributed by atoms with E-state index < -0.39 is 10.0 Å². The summed E-state index contributed by atoms with van der Waals surface area (Å²) < 4.78 is 23.1. The Labute approximate surface area is 131 Å². The van der Waals surface area contributed by atoms with Crippen LogP contribution in [0.3, 0.4) is 0 Å². The molecule has 0 unspecified atom stereocenters. The van der Waals surface area contributed by atoms with Crippen LogP contribution >= 0.6 is 15.9 Å². The van der Waals surface area contributed by atoms with Crippen LogP contribution < -0.4 is 10.5 Å². The molecular formula is C14H12BrN3O2S. The van der Waals surface area contributed by atoms with Gasteiger partial charge >= 0.3 is 0 Å². The van der Waals surface area contributed by atoms with Crippen molar-refractivity contribution >= 4 is 31.6 Å². The predicted molar refractivity (Wildman–Crippen MR) is 84.0 cm³/mol. The van der Waals surface area contributed by atoms with Gasteiger partial charge < -0.3 is 5.32 Å². The molecule has 21 heavy (non-hydrogen) atoms. The number of sulfonamides is 1. The Balaban J connectivity index is 2.09. The molecule has 2 aromatic rings. The highest BCUT2D eigenvalue weighted by Gasteiger charge is 2.07. The van der Waals surface area contributed by atoms with Gasteiger partial charge in [-0.3, -0.25) is 0 Å². The maximum Gasteiger partial charge on any atom is 0.238 e. The highest BCUT2D eigenvalue weighted by Crippen LogP contribution is 2.24. The molecule has 0 saturated heterocycles. The lowest BCUT2D eigenvalue weighted by Gasteiger charge is -2.09. The van der Waals surface area contributed by atoms with Crippen molar-refractivity contribution in [1.82, 2.24) is 0 Å². The first kappa shape index (κ1) is 15.5. The monoisotopic (exact) mass is 365 g/mol. The van der Waals surface area contributed by atoms with Crippen LogP contribution in [0.4, 0.5) is 5.69 Å². The van der Waals surface area contributed by atoms with E-state index in [1.807, 2.05) is 0 Å². The summed E-state index contributed by atoms with van der Waals surface area (Å²) in [6, 6.07) is 13.7. The third-order valence-corrected chi connectivity index (χ3v) is 4.42. The van der Waals surface area contributed by atoms with Gasteiger partial charge in [0.2, 0.25) is 10.0 Å². The highest BCUT2D eigenvalue weighted by atomic mass is 79.9. The number of hydrogen-bond acceptors (Lipinski definition) is 4. The highest BCUT2D eigenvalue weighted by molar-refractivity contribution is 9.10. The van der Waals surface area contributed by atoms with E-state index in [4.69, 9.17) is 10.4 Å². The molecular weight excluding hydrogens is 354 g/mol. The second kappa shape index (κ2) is 6.26. The number of nitrogens with one attached hydrogen (secondary N) is 1. The SMILES string of the molecule is N#Cc1ccc(NCc2ccc(S(N)(=O)=O)cc2)c(Br)c1. The zero-order valence-electron chi connectivity index (χ0n) is 10.9. The summed E-state index contributed by atoms with van der Waals surface area (Å²) in [6.45, 7) is 0.523. The van der Waals surface area contributed by atoms with Crippen LogP contribution in [-0.2, 0) is 16.6 Å². The molecule has 0 spiro atoms. The number of benzene rings is 2. The number of anilines is 1. The van der Waals surface area contributed by atoms with E-state index in [0.717, 1.165) is 15.7 Å². The van der Waals surface area contributed by atoms with Crippen LogP contribution in [0.15, 0.2) is 51.8 Å². The van der Waals surface area contributed by atoms with Gasteiger partial charge in [0.25, 0.3) is 0 Å². The van der Waals surface area contributed by atoms with Gasteiger partial charge in [-0.05, 0) is 51.8 Å². The number of hydrogen-bond donors (Lipinski definition) is 2. The van der Waals surface area contributed by atoms with Gasteiger partial charge in [0.05, 0.1) is 16.5 Å². The molecule has 0 aliphatic carbocycles. The second-order valence-electron chi connectivity index (χ2n) is 4.35. The van der Waals surface area contributed by atoms with Gasteiger partial charge in [0, 0.05) is 16.7 Å². The molecule has 2 rings (SSSR count). The average Bonchev–Trinajstić information content (AvgIpc) is 2.45. The minimum absolute atomic E-state index is 0.0887. The fraction of sp³-hybridized carbons (Fsp3) is 0.0714. The minimum Gasteiger partial charge on any atom is -0.380 e. The minimum atomic E-state index is -3.66. The van der Waals surface area contributed by atoms with E-state index in [1.165, 1.54) is 12.1 Å². The molecule has 0 aliphatic rings. The number of halogens is 1. The summed E-state index contributed by atoms with van der Waals surface area (Å²) in [5, 5.41) is 17.0. The Bertz CT molecular complexity index is 796. The summed E-state index contributed by atoms with van der Waals surface area (Å²) >= 11 is 3.39. The molecule has 7 heteroatoms. The number of primary sulfonamides is 1. The molecule has 0 fully saturated rings. The van der Waals surface area contributed by atoms with Crippen molar-refractivity contribution < 1.29 is 8.42 Å². The van der Waals surface area contributed by atoms with Crippen molar-refractivity contribution in [1.29, 1.82) is 5.26 Å².